The van der Waals surface area contributed by atoms with Crippen molar-refractivity contribution in [1.82, 2.24) is 4.98 Å². The van der Waals surface area contributed by atoms with Gasteiger partial charge in [-0.25, -0.2) is 0 Å². The zero-order valence-electron chi connectivity index (χ0n) is 7.10. The monoisotopic (exact) mass is 285 g/mol. The van der Waals surface area contributed by atoms with Crippen LogP contribution in [0.1, 0.15) is 5.69 Å². The second-order valence-electron chi connectivity index (χ2n) is 2.94. The number of hydrogen-bond acceptors (Lipinski definition) is 1. The molecule has 1 aromatic carbocycles. The molecule has 1 aromatic heterocycles. The molecule has 0 spiro atoms. The van der Waals surface area contributed by atoms with Crippen LogP contribution in [0.4, 0.5) is 0 Å². The van der Waals surface area contributed by atoms with Crippen LogP contribution in [0.3, 0.4) is 0 Å². The summed E-state index contributed by atoms with van der Waals surface area (Å²) < 4.78 is 0.774. The normalized spacial score (nSPS) is 10.6. The summed E-state index contributed by atoms with van der Waals surface area (Å²) in [6, 6.07) is 7.56. The first-order valence-corrected chi connectivity index (χ1v) is 5.05. The third kappa shape index (κ3) is 1.37. The standard InChI is InChI=1S/C10H8INO/c1-6-9(11)10(13)7-4-2-3-5-8(7)12-6/h2-5H,1H3,(H,12,13). The topological polar surface area (TPSA) is 32.9 Å². The van der Waals surface area contributed by atoms with Crippen LogP contribution in [-0.4, -0.2) is 4.98 Å². The molecule has 3 heteroatoms. The number of pyridine rings is 1. The molecule has 0 aliphatic carbocycles. The number of aromatic amines is 1. The first-order chi connectivity index (χ1) is 6.20. The van der Waals surface area contributed by atoms with E-state index >= 15 is 0 Å². The Labute approximate surface area is 89.1 Å². The highest BCUT2D eigenvalue weighted by Gasteiger charge is 2.04. The molecular formula is C10H8INO. The Bertz CT molecular complexity index is 516. The number of halogens is 1. The van der Waals surface area contributed by atoms with Gasteiger partial charge in [0.25, 0.3) is 0 Å². The number of fused-ring (bicyclic) bond motifs is 1. The predicted octanol–water partition coefficient (Wildman–Crippen LogP) is 2.44. The van der Waals surface area contributed by atoms with Crippen molar-refractivity contribution in [1.29, 1.82) is 0 Å². The van der Waals surface area contributed by atoms with E-state index in [1.807, 2.05) is 31.2 Å². The number of hydrogen-bond donors (Lipinski definition) is 1. The third-order valence-corrected chi connectivity index (χ3v) is 3.32. The van der Waals surface area contributed by atoms with Gasteiger partial charge < -0.3 is 4.98 Å². The molecule has 0 saturated heterocycles. The molecule has 0 fully saturated rings. The van der Waals surface area contributed by atoms with E-state index < -0.39 is 0 Å². The number of aryl methyl sites for hydroxylation is 1. The van der Waals surface area contributed by atoms with E-state index in [4.69, 9.17) is 0 Å². The van der Waals surface area contributed by atoms with Crippen LogP contribution in [0.5, 0.6) is 0 Å². The molecular weight excluding hydrogens is 277 g/mol. The molecule has 0 bridgehead atoms. The summed E-state index contributed by atoms with van der Waals surface area (Å²) in [4.78, 5) is 14.9. The summed E-state index contributed by atoms with van der Waals surface area (Å²) in [5.74, 6) is 0. The van der Waals surface area contributed by atoms with Crippen molar-refractivity contribution < 1.29 is 0 Å². The van der Waals surface area contributed by atoms with E-state index in [0.717, 1.165) is 20.2 Å². The van der Waals surface area contributed by atoms with Crippen LogP contribution in [0.25, 0.3) is 10.9 Å². The van der Waals surface area contributed by atoms with Gasteiger partial charge in [0.1, 0.15) is 0 Å². The Balaban J connectivity index is 3.03. The summed E-state index contributed by atoms with van der Waals surface area (Å²) in [6.07, 6.45) is 0. The lowest BCUT2D eigenvalue weighted by Gasteiger charge is -2.01. The SMILES string of the molecule is Cc1[nH]c2ccccc2c(=O)c1I. The van der Waals surface area contributed by atoms with Gasteiger partial charge in [-0.05, 0) is 41.6 Å². The van der Waals surface area contributed by atoms with Crippen LogP contribution in [0, 0.1) is 10.5 Å². The fraction of sp³-hybridized carbons (Fsp3) is 0.100. The van der Waals surface area contributed by atoms with Crippen molar-refractivity contribution in [3.8, 4) is 0 Å². The van der Waals surface area contributed by atoms with Gasteiger partial charge in [0, 0.05) is 16.6 Å². The highest BCUT2D eigenvalue weighted by Crippen LogP contribution is 2.11. The Morgan fingerprint density at radius 1 is 1.31 bits per heavy atom. The summed E-state index contributed by atoms with van der Waals surface area (Å²) in [7, 11) is 0. The summed E-state index contributed by atoms with van der Waals surface area (Å²) in [5.41, 5.74) is 1.96. The Kier molecular flexibility index (Phi) is 2.11. The quantitative estimate of drug-likeness (QED) is 0.741. The maximum Gasteiger partial charge on any atom is 0.202 e. The Morgan fingerprint density at radius 2 is 2.00 bits per heavy atom. The molecule has 0 aliphatic heterocycles. The number of nitrogens with one attached hydrogen (secondary N) is 1. The van der Waals surface area contributed by atoms with Crippen molar-refractivity contribution in [3.63, 3.8) is 0 Å². The van der Waals surface area contributed by atoms with Crippen molar-refractivity contribution in [2.75, 3.05) is 0 Å². The number of para-hydroxylation sites is 1. The molecule has 66 valence electrons. The number of H-pyrrole nitrogens is 1. The van der Waals surface area contributed by atoms with Crippen molar-refractivity contribution in [3.05, 3.63) is 43.8 Å². The largest absolute Gasteiger partial charge is 0.358 e. The lowest BCUT2D eigenvalue weighted by molar-refractivity contribution is 1.21. The highest BCUT2D eigenvalue weighted by atomic mass is 127. The molecule has 0 radical (unpaired) electrons. The Hall–Kier alpha value is -0.840. The summed E-state index contributed by atoms with van der Waals surface area (Å²) >= 11 is 2.07. The van der Waals surface area contributed by atoms with E-state index in [1.54, 1.807) is 0 Å². The fourth-order valence-corrected chi connectivity index (χ4v) is 1.76. The maximum absolute atomic E-state index is 11.7. The molecule has 13 heavy (non-hydrogen) atoms. The molecule has 2 aromatic rings. The van der Waals surface area contributed by atoms with Crippen LogP contribution in [-0.2, 0) is 0 Å². The van der Waals surface area contributed by atoms with Crippen molar-refractivity contribution in [2.45, 2.75) is 6.92 Å². The van der Waals surface area contributed by atoms with Gasteiger partial charge in [0.2, 0.25) is 5.43 Å². The molecule has 0 aliphatic rings. The maximum atomic E-state index is 11.7. The molecule has 0 amide bonds. The van der Waals surface area contributed by atoms with Crippen LogP contribution >= 0.6 is 22.6 Å². The smallest absolute Gasteiger partial charge is 0.202 e. The van der Waals surface area contributed by atoms with Crippen LogP contribution in [0.2, 0.25) is 0 Å². The zero-order chi connectivity index (χ0) is 9.42. The molecule has 0 unspecified atom stereocenters. The van der Waals surface area contributed by atoms with Gasteiger partial charge in [-0.15, -0.1) is 0 Å². The van der Waals surface area contributed by atoms with Gasteiger partial charge in [-0.1, -0.05) is 12.1 Å². The van der Waals surface area contributed by atoms with E-state index in [-0.39, 0.29) is 5.43 Å². The number of rotatable bonds is 0. The van der Waals surface area contributed by atoms with E-state index in [0.29, 0.717) is 0 Å². The van der Waals surface area contributed by atoms with Crippen molar-refractivity contribution in [2.24, 2.45) is 0 Å². The van der Waals surface area contributed by atoms with Crippen molar-refractivity contribution >= 4 is 33.5 Å². The Morgan fingerprint density at radius 3 is 2.77 bits per heavy atom. The average Bonchev–Trinajstić information content (AvgIpc) is 2.15. The minimum atomic E-state index is 0.118. The molecule has 2 nitrogen and oxygen atoms in total. The van der Waals surface area contributed by atoms with Gasteiger partial charge >= 0.3 is 0 Å². The van der Waals surface area contributed by atoms with Gasteiger partial charge in [-0.2, -0.15) is 0 Å². The third-order valence-electron chi connectivity index (χ3n) is 2.02. The molecule has 0 atom stereocenters. The minimum absolute atomic E-state index is 0.118. The summed E-state index contributed by atoms with van der Waals surface area (Å²) in [5, 5.41) is 0.762. The number of aromatic nitrogens is 1. The van der Waals surface area contributed by atoms with Crippen LogP contribution in [0.15, 0.2) is 29.1 Å². The zero-order valence-corrected chi connectivity index (χ0v) is 9.25. The lowest BCUT2D eigenvalue weighted by atomic mass is 10.2. The molecule has 2 rings (SSSR count). The van der Waals surface area contributed by atoms with E-state index in [1.165, 1.54) is 0 Å². The van der Waals surface area contributed by atoms with Gasteiger partial charge in [0.05, 0.1) is 3.57 Å². The second kappa shape index (κ2) is 3.14. The second-order valence-corrected chi connectivity index (χ2v) is 4.02. The lowest BCUT2D eigenvalue weighted by Crippen LogP contribution is -2.09. The molecule has 1 heterocycles. The van der Waals surface area contributed by atoms with E-state index in [2.05, 4.69) is 27.6 Å². The predicted molar refractivity (Wildman–Crippen MR) is 62.0 cm³/mol. The van der Waals surface area contributed by atoms with E-state index in [9.17, 15) is 4.79 Å². The number of benzene rings is 1. The highest BCUT2D eigenvalue weighted by molar-refractivity contribution is 14.1. The summed E-state index contributed by atoms with van der Waals surface area (Å²) in [6.45, 7) is 1.91. The molecule has 0 saturated carbocycles. The minimum Gasteiger partial charge on any atom is -0.358 e. The van der Waals surface area contributed by atoms with Gasteiger partial charge in [0.15, 0.2) is 0 Å². The first-order valence-electron chi connectivity index (χ1n) is 3.97. The van der Waals surface area contributed by atoms with Gasteiger partial charge in [-0.3, -0.25) is 4.79 Å². The van der Waals surface area contributed by atoms with Crippen LogP contribution < -0.4 is 5.43 Å². The average molecular weight is 285 g/mol. The first kappa shape index (κ1) is 8.74. The fourth-order valence-electron chi connectivity index (χ4n) is 1.34. The molecule has 1 N–H and O–H groups in total.